The lowest BCUT2D eigenvalue weighted by Crippen LogP contribution is -2.39. The monoisotopic (exact) mass is 560 g/mol. The molecule has 0 fully saturated rings. The fourth-order valence-electron chi connectivity index (χ4n) is 4.74. The van der Waals surface area contributed by atoms with Crippen molar-refractivity contribution in [1.82, 2.24) is 24.8 Å². The van der Waals surface area contributed by atoms with Crippen molar-refractivity contribution in [1.29, 1.82) is 0 Å². The lowest BCUT2D eigenvalue weighted by Gasteiger charge is -2.30. The second kappa shape index (κ2) is 12.7. The zero-order valence-corrected chi connectivity index (χ0v) is 22.8. The summed E-state index contributed by atoms with van der Waals surface area (Å²) in [5, 5.41) is 4.54. The minimum atomic E-state index is -0.531. The summed E-state index contributed by atoms with van der Waals surface area (Å²) in [5.41, 5.74) is 1.33. The molecule has 0 saturated carbocycles. The van der Waals surface area contributed by atoms with Crippen LogP contribution in [0.5, 0.6) is 5.75 Å². The van der Waals surface area contributed by atoms with Crippen molar-refractivity contribution in [2.45, 2.75) is 44.7 Å². The van der Waals surface area contributed by atoms with E-state index in [1.165, 1.54) is 6.20 Å². The Balaban J connectivity index is 1.26. The van der Waals surface area contributed by atoms with Crippen LogP contribution in [0, 0.1) is 5.82 Å². The third-order valence-corrected chi connectivity index (χ3v) is 6.92. The van der Waals surface area contributed by atoms with Crippen LogP contribution in [0.1, 0.15) is 32.6 Å². The van der Waals surface area contributed by atoms with Gasteiger partial charge >= 0.3 is 0 Å². The highest BCUT2D eigenvalue weighted by Gasteiger charge is 2.24. The van der Waals surface area contributed by atoms with Gasteiger partial charge in [0.1, 0.15) is 11.4 Å². The molecule has 5 rings (SSSR count). The smallest absolute Gasteiger partial charge is 0.264 e. The number of carbonyl (C=O) groups is 1. The maximum atomic E-state index is 14.9. The highest BCUT2D eigenvalue weighted by atomic mass is 35.5. The van der Waals surface area contributed by atoms with Crippen molar-refractivity contribution >= 4 is 34.4 Å². The molecule has 206 valence electrons. The number of rotatable bonds is 11. The molecule has 0 saturated heterocycles. The Hall–Kier alpha value is -4.24. The maximum Gasteiger partial charge on any atom is 0.264 e. The fourth-order valence-corrected chi connectivity index (χ4v) is 4.90. The van der Waals surface area contributed by atoms with Gasteiger partial charge in [-0.05, 0) is 43.5 Å². The van der Waals surface area contributed by atoms with Crippen molar-refractivity contribution < 1.29 is 13.9 Å². The molecule has 1 aromatic carbocycles. The average molecular weight is 561 g/mol. The van der Waals surface area contributed by atoms with Crippen molar-refractivity contribution in [3.05, 3.63) is 90.3 Å². The van der Waals surface area contributed by atoms with Gasteiger partial charge in [-0.3, -0.25) is 4.79 Å². The van der Waals surface area contributed by atoms with Gasteiger partial charge in [0, 0.05) is 35.6 Å². The number of allylic oxidation sites excluding steroid dienone is 2. The standard InChI is InChI=1S/C30H30ClFN6O2/c1-2-8-21(12-13-22-9-6-7-14-38(22)27(39)19-40-23-10-4-3-5-11-23)36-30-26(32)18-35-29(37-30)25-17-34-28-24(25)15-20(31)16-33-28/h3-7,9-11,14-18,21-22H,2,8,12-13,19H2,1H3,(H,33,34)(H,35,36,37)/t21?,22-/m0/s1. The lowest BCUT2D eigenvalue weighted by atomic mass is 10.00. The molecule has 0 radical (unpaired) electrons. The topological polar surface area (TPSA) is 96.0 Å². The summed E-state index contributed by atoms with van der Waals surface area (Å²) in [6, 6.07) is 10.9. The van der Waals surface area contributed by atoms with E-state index in [9.17, 15) is 9.18 Å². The number of pyridine rings is 1. The number of nitrogens with zero attached hydrogens (tertiary/aromatic N) is 4. The van der Waals surface area contributed by atoms with Crippen LogP contribution in [0.4, 0.5) is 10.2 Å². The number of fused-ring (bicyclic) bond motifs is 1. The number of carbonyl (C=O) groups excluding carboxylic acids is 1. The zero-order valence-electron chi connectivity index (χ0n) is 22.1. The van der Waals surface area contributed by atoms with E-state index >= 15 is 0 Å². The first-order chi connectivity index (χ1) is 19.5. The molecule has 1 unspecified atom stereocenters. The van der Waals surface area contributed by atoms with Gasteiger partial charge in [-0.2, -0.15) is 0 Å². The van der Waals surface area contributed by atoms with E-state index in [0.29, 0.717) is 40.6 Å². The number of aromatic nitrogens is 4. The molecule has 4 heterocycles. The number of anilines is 1. The number of hydrogen-bond donors (Lipinski definition) is 2. The largest absolute Gasteiger partial charge is 0.484 e. The number of ether oxygens (including phenoxy) is 1. The Morgan fingerprint density at radius 3 is 2.88 bits per heavy atom. The second-order valence-electron chi connectivity index (χ2n) is 9.55. The molecular weight excluding hydrogens is 531 g/mol. The number of aromatic amines is 1. The van der Waals surface area contributed by atoms with E-state index < -0.39 is 5.82 Å². The summed E-state index contributed by atoms with van der Waals surface area (Å²) in [5.74, 6) is 0.487. The lowest BCUT2D eigenvalue weighted by molar-refractivity contribution is -0.132. The van der Waals surface area contributed by atoms with Gasteiger partial charge in [-0.25, -0.2) is 19.3 Å². The number of nitrogens with one attached hydrogen (secondary N) is 2. The molecule has 4 aromatic rings. The van der Waals surface area contributed by atoms with Crippen LogP contribution in [-0.2, 0) is 4.79 Å². The number of amides is 1. The van der Waals surface area contributed by atoms with Gasteiger partial charge in [-0.15, -0.1) is 0 Å². The summed E-state index contributed by atoms with van der Waals surface area (Å²) >= 11 is 6.14. The molecule has 1 aliphatic rings. The van der Waals surface area contributed by atoms with Gasteiger partial charge < -0.3 is 19.9 Å². The molecule has 40 heavy (non-hydrogen) atoms. The van der Waals surface area contributed by atoms with Crippen LogP contribution in [0.25, 0.3) is 22.4 Å². The molecule has 0 bridgehead atoms. The van der Waals surface area contributed by atoms with Crippen molar-refractivity contribution in [2.75, 3.05) is 11.9 Å². The Labute approximate surface area is 237 Å². The highest BCUT2D eigenvalue weighted by Crippen LogP contribution is 2.29. The van der Waals surface area contributed by atoms with Gasteiger partial charge in [0.25, 0.3) is 5.91 Å². The van der Waals surface area contributed by atoms with Crippen molar-refractivity contribution in [3.8, 4) is 17.1 Å². The summed E-state index contributed by atoms with van der Waals surface area (Å²) in [6.07, 6.45) is 15.1. The predicted octanol–water partition coefficient (Wildman–Crippen LogP) is 6.53. The number of benzene rings is 1. The van der Waals surface area contributed by atoms with E-state index in [1.54, 1.807) is 29.6 Å². The molecule has 10 heteroatoms. The first-order valence-corrected chi connectivity index (χ1v) is 13.7. The number of halogens is 2. The van der Waals surface area contributed by atoms with E-state index in [2.05, 4.69) is 32.2 Å². The van der Waals surface area contributed by atoms with E-state index in [-0.39, 0.29) is 30.4 Å². The number of H-pyrrole nitrogens is 1. The molecule has 1 aliphatic heterocycles. The molecule has 2 atom stereocenters. The summed E-state index contributed by atoms with van der Waals surface area (Å²) in [4.78, 5) is 30.8. The Kier molecular flexibility index (Phi) is 8.71. The minimum absolute atomic E-state index is 0.0567. The zero-order chi connectivity index (χ0) is 27.9. The first kappa shape index (κ1) is 27.3. The molecule has 8 nitrogen and oxygen atoms in total. The molecule has 2 N–H and O–H groups in total. The minimum Gasteiger partial charge on any atom is -0.484 e. The van der Waals surface area contributed by atoms with Crippen LogP contribution in [0.2, 0.25) is 5.02 Å². The average Bonchev–Trinajstić information content (AvgIpc) is 3.39. The normalized spacial score (nSPS) is 15.4. The van der Waals surface area contributed by atoms with Gasteiger partial charge in [0.15, 0.2) is 24.1 Å². The van der Waals surface area contributed by atoms with Gasteiger partial charge in [0.2, 0.25) is 0 Å². The summed E-state index contributed by atoms with van der Waals surface area (Å²) < 4.78 is 20.5. The molecule has 0 aliphatic carbocycles. The SMILES string of the molecule is CCCC(CC[C@@H]1C=CC=CN1C(=O)COc1ccccc1)Nc1nc(-c2c[nH]c3ncc(Cl)cc23)ncc1F. The van der Waals surface area contributed by atoms with Crippen molar-refractivity contribution in [3.63, 3.8) is 0 Å². The van der Waals surface area contributed by atoms with Crippen LogP contribution >= 0.6 is 11.6 Å². The molecule has 0 spiro atoms. The molecule has 1 amide bonds. The van der Waals surface area contributed by atoms with E-state index in [0.717, 1.165) is 18.2 Å². The van der Waals surface area contributed by atoms with Crippen LogP contribution in [0.3, 0.4) is 0 Å². The predicted molar refractivity (Wildman–Crippen MR) is 154 cm³/mol. The van der Waals surface area contributed by atoms with Gasteiger partial charge in [-0.1, -0.05) is 55.3 Å². The first-order valence-electron chi connectivity index (χ1n) is 13.3. The van der Waals surface area contributed by atoms with E-state index in [1.807, 2.05) is 48.6 Å². The molecule has 3 aromatic heterocycles. The van der Waals surface area contributed by atoms with E-state index in [4.69, 9.17) is 16.3 Å². The number of hydrogen-bond acceptors (Lipinski definition) is 6. The second-order valence-corrected chi connectivity index (χ2v) is 9.98. The Bertz CT molecular complexity index is 1520. The number of para-hydroxylation sites is 1. The molecular formula is C30H30ClFN6O2. The van der Waals surface area contributed by atoms with Crippen LogP contribution in [0.15, 0.2) is 79.4 Å². The summed E-state index contributed by atoms with van der Waals surface area (Å²) in [7, 11) is 0. The maximum absolute atomic E-state index is 14.9. The Morgan fingerprint density at radius 2 is 2.05 bits per heavy atom. The van der Waals surface area contributed by atoms with Crippen LogP contribution in [-0.4, -0.2) is 49.4 Å². The Morgan fingerprint density at radius 1 is 1.20 bits per heavy atom. The highest BCUT2D eigenvalue weighted by molar-refractivity contribution is 6.31. The summed E-state index contributed by atoms with van der Waals surface area (Å²) in [6.45, 7) is 2.03. The third kappa shape index (κ3) is 6.48. The van der Waals surface area contributed by atoms with Gasteiger partial charge in [0.05, 0.1) is 17.3 Å². The third-order valence-electron chi connectivity index (χ3n) is 6.71. The van der Waals surface area contributed by atoms with Crippen molar-refractivity contribution in [2.24, 2.45) is 0 Å². The van der Waals surface area contributed by atoms with Crippen LogP contribution < -0.4 is 10.1 Å². The fraction of sp³-hybridized carbons (Fsp3) is 0.267. The quantitative estimate of drug-likeness (QED) is 0.216.